The molecule has 2 aliphatic heterocycles. The van der Waals surface area contributed by atoms with Gasteiger partial charge in [-0.15, -0.1) is 0 Å². The largest absolute Gasteiger partial charge is 0.375 e. The highest BCUT2D eigenvalue weighted by Gasteiger charge is 2.37. The molecule has 2 saturated heterocycles. The number of likely N-dealkylation sites (tertiary alicyclic amines) is 1. The molecule has 1 aromatic rings. The first kappa shape index (κ1) is 11.2. The third-order valence-corrected chi connectivity index (χ3v) is 3.90. The Bertz CT molecular complexity index is 368. The molecule has 3 atom stereocenters. The Balaban J connectivity index is 1.60. The zero-order chi connectivity index (χ0) is 11.7. The van der Waals surface area contributed by atoms with E-state index >= 15 is 0 Å². The van der Waals surface area contributed by atoms with Gasteiger partial charge in [0.25, 0.3) is 0 Å². The molecule has 92 valence electrons. The second-order valence-corrected chi connectivity index (χ2v) is 5.33. The van der Waals surface area contributed by atoms with Crippen LogP contribution in [0.15, 0.2) is 24.4 Å². The highest BCUT2D eigenvalue weighted by atomic mass is 16.5. The Morgan fingerprint density at radius 2 is 2.41 bits per heavy atom. The van der Waals surface area contributed by atoms with Crippen molar-refractivity contribution in [3.63, 3.8) is 0 Å². The molecule has 3 rings (SSSR count). The van der Waals surface area contributed by atoms with Gasteiger partial charge in [0, 0.05) is 31.7 Å². The van der Waals surface area contributed by atoms with E-state index in [1.807, 2.05) is 12.3 Å². The molecule has 2 fully saturated rings. The van der Waals surface area contributed by atoms with Gasteiger partial charge in [0.15, 0.2) is 0 Å². The van der Waals surface area contributed by atoms with E-state index in [0.29, 0.717) is 12.2 Å². The molecule has 3 nitrogen and oxygen atoms in total. The van der Waals surface area contributed by atoms with Crippen molar-refractivity contribution in [2.45, 2.75) is 38.5 Å². The van der Waals surface area contributed by atoms with E-state index in [1.54, 1.807) is 0 Å². The van der Waals surface area contributed by atoms with Crippen molar-refractivity contribution in [2.75, 3.05) is 13.1 Å². The molecule has 0 aliphatic carbocycles. The summed E-state index contributed by atoms with van der Waals surface area (Å²) in [6, 6.07) is 6.15. The van der Waals surface area contributed by atoms with Crippen LogP contribution in [0.5, 0.6) is 0 Å². The SMILES string of the molecule is C[C@@H]1C[C@@H]2CN(Cc3ccccn3)CC[C@@H]2O1. The van der Waals surface area contributed by atoms with Crippen molar-refractivity contribution >= 4 is 0 Å². The molecule has 3 heterocycles. The minimum absolute atomic E-state index is 0.458. The molecule has 3 heteroatoms. The van der Waals surface area contributed by atoms with Gasteiger partial charge < -0.3 is 4.74 Å². The quantitative estimate of drug-likeness (QED) is 0.780. The zero-order valence-electron chi connectivity index (χ0n) is 10.4. The summed E-state index contributed by atoms with van der Waals surface area (Å²) >= 11 is 0. The fraction of sp³-hybridized carbons (Fsp3) is 0.643. The van der Waals surface area contributed by atoms with Gasteiger partial charge in [-0.25, -0.2) is 0 Å². The number of piperidine rings is 1. The molecule has 2 aliphatic rings. The van der Waals surface area contributed by atoms with Crippen LogP contribution in [0, 0.1) is 5.92 Å². The second kappa shape index (κ2) is 4.75. The summed E-state index contributed by atoms with van der Waals surface area (Å²) in [4.78, 5) is 6.92. The number of ether oxygens (including phenoxy) is 1. The topological polar surface area (TPSA) is 25.4 Å². The van der Waals surface area contributed by atoms with E-state index in [9.17, 15) is 0 Å². The van der Waals surface area contributed by atoms with Crippen molar-refractivity contribution in [1.82, 2.24) is 9.88 Å². The lowest BCUT2D eigenvalue weighted by molar-refractivity contribution is 0.00561. The lowest BCUT2D eigenvalue weighted by Gasteiger charge is -2.33. The number of nitrogens with zero attached hydrogens (tertiary/aromatic N) is 2. The lowest BCUT2D eigenvalue weighted by atomic mass is 9.93. The molecule has 0 radical (unpaired) electrons. The van der Waals surface area contributed by atoms with Crippen LogP contribution < -0.4 is 0 Å². The molecule has 0 saturated carbocycles. The van der Waals surface area contributed by atoms with Gasteiger partial charge in [-0.1, -0.05) is 6.07 Å². The molecule has 0 N–H and O–H groups in total. The summed E-state index contributed by atoms with van der Waals surface area (Å²) in [6.45, 7) is 5.50. The fourth-order valence-electron chi connectivity index (χ4n) is 3.14. The standard InChI is InChI=1S/C14H20N2O/c1-11-8-12-9-16(7-5-14(12)17-11)10-13-4-2-3-6-15-13/h2-4,6,11-12,14H,5,7-10H2,1H3/t11-,12-,14+/m1/s1. The molecule has 0 amide bonds. The van der Waals surface area contributed by atoms with Crippen molar-refractivity contribution < 1.29 is 4.74 Å². The summed E-state index contributed by atoms with van der Waals surface area (Å²) in [6.07, 6.45) is 5.26. The highest BCUT2D eigenvalue weighted by Crippen LogP contribution is 2.32. The third-order valence-electron chi connectivity index (χ3n) is 3.90. The highest BCUT2D eigenvalue weighted by molar-refractivity contribution is 5.03. The maximum absolute atomic E-state index is 5.92. The van der Waals surface area contributed by atoms with Gasteiger partial charge in [-0.2, -0.15) is 0 Å². The van der Waals surface area contributed by atoms with Crippen LogP contribution >= 0.6 is 0 Å². The average molecular weight is 232 g/mol. The van der Waals surface area contributed by atoms with Crippen molar-refractivity contribution in [1.29, 1.82) is 0 Å². The summed E-state index contributed by atoms with van der Waals surface area (Å²) in [5.74, 6) is 0.738. The van der Waals surface area contributed by atoms with Crippen molar-refractivity contribution in [2.24, 2.45) is 5.92 Å². The molecule has 17 heavy (non-hydrogen) atoms. The summed E-state index contributed by atoms with van der Waals surface area (Å²) < 4.78 is 5.92. The van der Waals surface area contributed by atoms with Crippen LogP contribution in [-0.2, 0) is 11.3 Å². The van der Waals surface area contributed by atoms with E-state index in [1.165, 1.54) is 25.1 Å². The lowest BCUT2D eigenvalue weighted by Crippen LogP contribution is -2.40. The van der Waals surface area contributed by atoms with Crippen LogP contribution in [0.25, 0.3) is 0 Å². The van der Waals surface area contributed by atoms with E-state index in [-0.39, 0.29) is 0 Å². The van der Waals surface area contributed by atoms with Crippen LogP contribution in [-0.4, -0.2) is 35.2 Å². The minimum Gasteiger partial charge on any atom is -0.375 e. The maximum atomic E-state index is 5.92. The number of fused-ring (bicyclic) bond motifs is 1. The second-order valence-electron chi connectivity index (χ2n) is 5.33. The summed E-state index contributed by atoms with van der Waals surface area (Å²) in [5.41, 5.74) is 1.18. The smallest absolute Gasteiger partial charge is 0.0632 e. The Morgan fingerprint density at radius 3 is 3.24 bits per heavy atom. The van der Waals surface area contributed by atoms with Gasteiger partial charge in [-0.3, -0.25) is 9.88 Å². The van der Waals surface area contributed by atoms with Crippen LogP contribution in [0.1, 0.15) is 25.5 Å². The van der Waals surface area contributed by atoms with Gasteiger partial charge in [0.2, 0.25) is 0 Å². The number of hydrogen-bond acceptors (Lipinski definition) is 3. The van der Waals surface area contributed by atoms with Gasteiger partial charge in [-0.05, 0) is 31.9 Å². The van der Waals surface area contributed by atoms with E-state index in [0.717, 1.165) is 19.0 Å². The summed E-state index contributed by atoms with van der Waals surface area (Å²) in [5, 5.41) is 0. The number of hydrogen-bond donors (Lipinski definition) is 0. The molecule has 0 unspecified atom stereocenters. The van der Waals surface area contributed by atoms with Gasteiger partial charge in [0.1, 0.15) is 0 Å². The minimum atomic E-state index is 0.458. The van der Waals surface area contributed by atoms with Crippen molar-refractivity contribution in [3.8, 4) is 0 Å². The predicted octanol–water partition coefficient (Wildman–Crippen LogP) is 2.08. The van der Waals surface area contributed by atoms with E-state index < -0.39 is 0 Å². The average Bonchev–Trinajstić information content (AvgIpc) is 2.70. The molecular formula is C14H20N2O. The van der Waals surface area contributed by atoms with Crippen LogP contribution in [0.3, 0.4) is 0 Å². The van der Waals surface area contributed by atoms with Crippen molar-refractivity contribution in [3.05, 3.63) is 30.1 Å². The zero-order valence-corrected chi connectivity index (χ0v) is 10.4. The fourth-order valence-corrected chi connectivity index (χ4v) is 3.14. The third kappa shape index (κ3) is 2.50. The first-order valence-electron chi connectivity index (χ1n) is 6.59. The number of aromatic nitrogens is 1. The van der Waals surface area contributed by atoms with E-state index in [4.69, 9.17) is 4.74 Å². The first-order valence-corrected chi connectivity index (χ1v) is 6.59. The van der Waals surface area contributed by atoms with Crippen LogP contribution in [0.4, 0.5) is 0 Å². The monoisotopic (exact) mass is 232 g/mol. The Kier molecular flexibility index (Phi) is 3.12. The predicted molar refractivity (Wildman–Crippen MR) is 66.6 cm³/mol. The van der Waals surface area contributed by atoms with Gasteiger partial charge in [0.05, 0.1) is 17.9 Å². The first-order chi connectivity index (χ1) is 8.31. The molecule has 0 bridgehead atoms. The molecule has 0 aromatic carbocycles. The van der Waals surface area contributed by atoms with E-state index in [2.05, 4.69) is 28.9 Å². The normalized spacial score (nSPS) is 33.6. The Hall–Kier alpha value is -0.930. The molecule has 1 aromatic heterocycles. The number of pyridine rings is 1. The Labute approximate surface area is 103 Å². The summed E-state index contributed by atoms with van der Waals surface area (Å²) in [7, 11) is 0. The maximum Gasteiger partial charge on any atom is 0.0632 e. The Morgan fingerprint density at radius 1 is 1.47 bits per heavy atom. The van der Waals surface area contributed by atoms with Crippen LogP contribution in [0.2, 0.25) is 0 Å². The molecule has 0 spiro atoms. The number of rotatable bonds is 2. The molecular weight excluding hydrogens is 212 g/mol. The van der Waals surface area contributed by atoms with Gasteiger partial charge >= 0.3 is 0 Å².